The van der Waals surface area contributed by atoms with Gasteiger partial charge in [-0.05, 0) is 37.7 Å². The van der Waals surface area contributed by atoms with Gasteiger partial charge >= 0.3 is 0 Å². The molecule has 0 amide bonds. The highest BCUT2D eigenvalue weighted by molar-refractivity contribution is 5.91. The summed E-state index contributed by atoms with van der Waals surface area (Å²) < 4.78 is 5.70. The van der Waals surface area contributed by atoms with E-state index in [2.05, 4.69) is 4.90 Å². The second kappa shape index (κ2) is 4.79. The van der Waals surface area contributed by atoms with Crippen molar-refractivity contribution in [2.24, 2.45) is 5.92 Å². The van der Waals surface area contributed by atoms with Crippen LogP contribution in [0, 0.1) is 5.92 Å². The number of nitrogens with zero attached hydrogens (tertiary/aromatic N) is 1. The molecule has 1 aliphatic carbocycles. The van der Waals surface area contributed by atoms with Crippen LogP contribution in [0.5, 0.6) is 0 Å². The van der Waals surface area contributed by atoms with E-state index in [9.17, 15) is 4.79 Å². The van der Waals surface area contributed by atoms with E-state index in [4.69, 9.17) is 4.42 Å². The molecule has 2 fully saturated rings. The van der Waals surface area contributed by atoms with Gasteiger partial charge in [-0.2, -0.15) is 0 Å². The Morgan fingerprint density at radius 3 is 2.67 bits per heavy atom. The molecule has 0 N–H and O–H groups in total. The van der Waals surface area contributed by atoms with Crippen molar-refractivity contribution < 1.29 is 9.21 Å². The summed E-state index contributed by atoms with van der Waals surface area (Å²) in [5.74, 6) is 2.23. The maximum Gasteiger partial charge on any atom is 0.196 e. The third kappa shape index (κ3) is 2.06. The molecule has 1 unspecified atom stereocenters. The van der Waals surface area contributed by atoms with Crippen molar-refractivity contribution in [2.45, 2.75) is 51.5 Å². The van der Waals surface area contributed by atoms with Crippen molar-refractivity contribution in [3.63, 3.8) is 0 Å². The fourth-order valence-electron chi connectivity index (χ4n) is 3.57. The maximum absolute atomic E-state index is 11.3. The minimum Gasteiger partial charge on any atom is -0.437 e. The van der Waals surface area contributed by atoms with Crippen LogP contribution >= 0.6 is 0 Å². The Balaban J connectivity index is 1.78. The van der Waals surface area contributed by atoms with Crippen molar-refractivity contribution in [3.05, 3.63) is 17.9 Å². The zero-order valence-electron chi connectivity index (χ0n) is 11.0. The number of hydrogen-bond donors (Lipinski definition) is 0. The Bertz CT molecular complexity index is 431. The molecule has 3 heteroatoms. The van der Waals surface area contributed by atoms with E-state index in [-0.39, 0.29) is 5.78 Å². The van der Waals surface area contributed by atoms with E-state index in [1.54, 1.807) is 6.92 Å². The standard InChI is InChI=1S/C15H21NO2/c1-11(17)14-8-9-15(18-14)16-10-4-7-13(16)12-5-2-3-6-12/h8-9,12-13H,2-7,10H2,1H3. The van der Waals surface area contributed by atoms with Gasteiger partial charge in [0.1, 0.15) is 0 Å². The number of rotatable bonds is 3. The van der Waals surface area contributed by atoms with Crippen LogP contribution in [-0.4, -0.2) is 18.4 Å². The minimum atomic E-state index is 0.0119. The van der Waals surface area contributed by atoms with Gasteiger partial charge in [-0.1, -0.05) is 12.8 Å². The Kier molecular flexibility index (Phi) is 3.14. The van der Waals surface area contributed by atoms with Gasteiger partial charge in [0.25, 0.3) is 0 Å². The van der Waals surface area contributed by atoms with E-state index < -0.39 is 0 Å². The first-order valence-electron chi connectivity index (χ1n) is 7.13. The Morgan fingerprint density at radius 2 is 2.00 bits per heavy atom. The number of carbonyl (C=O) groups excluding carboxylic acids is 1. The van der Waals surface area contributed by atoms with Gasteiger partial charge in [-0.15, -0.1) is 0 Å². The van der Waals surface area contributed by atoms with Crippen LogP contribution < -0.4 is 4.90 Å². The predicted octanol–water partition coefficient (Wildman–Crippen LogP) is 3.64. The van der Waals surface area contributed by atoms with Gasteiger partial charge in [0.2, 0.25) is 0 Å². The van der Waals surface area contributed by atoms with Gasteiger partial charge in [0.15, 0.2) is 17.4 Å². The molecule has 0 bridgehead atoms. The molecule has 98 valence electrons. The van der Waals surface area contributed by atoms with E-state index in [1.807, 2.05) is 12.1 Å². The first-order chi connectivity index (χ1) is 8.75. The highest BCUT2D eigenvalue weighted by Gasteiger charge is 2.34. The fraction of sp³-hybridized carbons (Fsp3) is 0.667. The Morgan fingerprint density at radius 1 is 1.22 bits per heavy atom. The topological polar surface area (TPSA) is 33.5 Å². The number of ketones is 1. The predicted molar refractivity (Wildman–Crippen MR) is 71.0 cm³/mol. The summed E-state index contributed by atoms with van der Waals surface area (Å²) >= 11 is 0. The highest BCUT2D eigenvalue weighted by Crippen LogP contribution is 2.38. The largest absolute Gasteiger partial charge is 0.437 e. The Hall–Kier alpha value is -1.25. The van der Waals surface area contributed by atoms with Crippen LogP contribution in [0.25, 0.3) is 0 Å². The lowest BCUT2D eigenvalue weighted by Gasteiger charge is -2.29. The monoisotopic (exact) mass is 247 g/mol. The van der Waals surface area contributed by atoms with Gasteiger partial charge < -0.3 is 9.32 Å². The number of anilines is 1. The van der Waals surface area contributed by atoms with Crippen LogP contribution in [0.1, 0.15) is 56.0 Å². The van der Waals surface area contributed by atoms with Crippen LogP contribution in [0.15, 0.2) is 16.5 Å². The number of furan rings is 1. The summed E-state index contributed by atoms with van der Waals surface area (Å²) in [6, 6.07) is 4.41. The van der Waals surface area contributed by atoms with Gasteiger partial charge in [0, 0.05) is 25.6 Å². The normalized spacial score (nSPS) is 24.9. The average Bonchev–Trinajstić information content (AvgIpc) is 3.10. The lowest BCUT2D eigenvalue weighted by atomic mass is 9.96. The number of hydrogen-bond acceptors (Lipinski definition) is 3. The first kappa shape index (κ1) is 11.8. The van der Waals surface area contributed by atoms with Crippen LogP contribution in [0.4, 0.5) is 5.88 Å². The van der Waals surface area contributed by atoms with Crippen LogP contribution in [0.3, 0.4) is 0 Å². The molecule has 1 aromatic heterocycles. The number of Topliss-reactive ketones (excluding diaryl/α,β-unsaturated/α-hetero) is 1. The molecule has 0 aromatic carbocycles. The molecular weight excluding hydrogens is 226 g/mol. The summed E-state index contributed by atoms with van der Waals surface area (Å²) in [6.45, 7) is 2.63. The molecule has 1 atom stereocenters. The molecule has 3 rings (SSSR count). The van der Waals surface area contributed by atoms with E-state index in [0.717, 1.165) is 18.3 Å². The average molecular weight is 247 g/mol. The Labute approximate surface area is 108 Å². The van der Waals surface area contributed by atoms with Crippen LogP contribution in [-0.2, 0) is 0 Å². The third-order valence-electron chi connectivity index (χ3n) is 4.47. The van der Waals surface area contributed by atoms with Crippen LogP contribution in [0.2, 0.25) is 0 Å². The highest BCUT2D eigenvalue weighted by atomic mass is 16.4. The second-order valence-electron chi connectivity index (χ2n) is 5.64. The summed E-state index contributed by atoms with van der Waals surface area (Å²) in [6.07, 6.45) is 8.01. The third-order valence-corrected chi connectivity index (χ3v) is 4.47. The zero-order valence-corrected chi connectivity index (χ0v) is 11.0. The fourth-order valence-corrected chi connectivity index (χ4v) is 3.57. The van der Waals surface area contributed by atoms with E-state index >= 15 is 0 Å². The van der Waals surface area contributed by atoms with Gasteiger partial charge in [-0.25, -0.2) is 0 Å². The molecule has 1 saturated heterocycles. The first-order valence-corrected chi connectivity index (χ1v) is 7.13. The minimum absolute atomic E-state index is 0.0119. The zero-order chi connectivity index (χ0) is 12.5. The molecule has 18 heavy (non-hydrogen) atoms. The van der Waals surface area contributed by atoms with Crippen molar-refractivity contribution >= 4 is 11.7 Å². The maximum atomic E-state index is 11.3. The molecule has 0 radical (unpaired) electrons. The van der Waals surface area contributed by atoms with Gasteiger partial charge in [0.05, 0.1) is 0 Å². The van der Waals surface area contributed by atoms with Crippen molar-refractivity contribution in [1.29, 1.82) is 0 Å². The van der Waals surface area contributed by atoms with Crippen molar-refractivity contribution in [1.82, 2.24) is 0 Å². The second-order valence-corrected chi connectivity index (χ2v) is 5.64. The molecular formula is C15H21NO2. The quantitative estimate of drug-likeness (QED) is 0.765. The SMILES string of the molecule is CC(=O)c1ccc(N2CCCC2C2CCCC2)o1. The van der Waals surface area contributed by atoms with Crippen molar-refractivity contribution in [3.8, 4) is 0 Å². The summed E-state index contributed by atoms with van der Waals surface area (Å²) in [5, 5.41) is 0. The van der Waals surface area contributed by atoms with E-state index in [0.29, 0.717) is 11.8 Å². The molecule has 1 saturated carbocycles. The molecule has 0 spiro atoms. The smallest absolute Gasteiger partial charge is 0.196 e. The molecule has 1 aromatic rings. The summed E-state index contributed by atoms with van der Waals surface area (Å²) in [7, 11) is 0. The molecule has 2 aliphatic rings. The number of carbonyl (C=O) groups is 1. The summed E-state index contributed by atoms with van der Waals surface area (Å²) in [5.41, 5.74) is 0. The van der Waals surface area contributed by atoms with Crippen molar-refractivity contribution in [2.75, 3.05) is 11.4 Å². The summed E-state index contributed by atoms with van der Waals surface area (Å²) in [4.78, 5) is 13.7. The molecule has 2 heterocycles. The lowest BCUT2D eigenvalue weighted by molar-refractivity contribution is 0.0987. The lowest BCUT2D eigenvalue weighted by Crippen LogP contribution is -2.34. The molecule has 3 nitrogen and oxygen atoms in total. The molecule has 1 aliphatic heterocycles. The van der Waals surface area contributed by atoms with Gasteiger partial charge in [-0.3, -0.25) is 4.79 Å². The van der Waals surface area contributed by atoms with E-state index in [1.165, 1.54) is 38.5 Å².